The highest BCUT2D eigenvalue weighted by Gasteiger charge is 2.34. The first-order valence-corrected chi connectivity index (χ1v) is 5.22. The van der Waals surface area contributed by atoms with Crippen molar-refractivity contribution in [2.45, 2.75) is 18.8 Å². The van der Waals surface area contributed by atoms with Crippen molar-refractivity contribution >= 4 is 16.9 Å². The zero-order chi connectivity index (χ0) is 12.2. The number of rotatable bonds is 2. The number of carbonyl (C=O) groups is 1. The minimum atomic E-state index is -1.25. The molecular weight excluding hydrogens is 230 g/mol. The predicted octanol–water partition coefficient (Wildman–Crippen LogP) is 3.29. The number of furan rings is 1. The highest BCUT2D eigenvalue weighted by molar-refractivity contribution is 5.96. The fourth-order valence-corrected chi connectivity index (χ4v) is 2.08. The Morgan fingerprint density at radius 3 is 2.65 bits per heavy atom. The van der Waals surface area contributed by atoms with E-state index >= 15 is 0 Å². The lowest BCUT2D eigenvalue weighted by Gasteiger charge is -1.96. The van der Waals surface area contributed by atoms with Crippen LogP contribution >= 0.6 is 0 Å². The summed E-state index contributed by atoms with van der Waals surface area (Å²) in [4.78, 5) is 11.0. The molecule has 3 rings (SSSR count). The van der Waals surface area contributed by atoms with Gasteiger partial charge in [0, 0.05) is 17.0 Å². The molecule has 2 aromatic rings. The van der Waals surface area contributed by atoms with E-state index in [2.05, 4.69) is 0 Å². The van der Waals surface area contributed by atoms with Crippen LogP contribution in [-0.4, -0.2) is 11.1 Å². The molecule has 5 heteroatoms. The Morgan fingerprint density at radius 1 is 1.35 bits per heavy atom. The standard InChI is InChI=1S/C12H8F2O3/c13-6-3-7-9(5-1-2-5)11(12(15)16)17-10(7)8(14)4-6/h3-5H,1-2H2,(H,15,16). The van der Waals surface area contributed by atoms with Crippen LogP contribution in [0.4, 0.5) is 8.78 Å². The molecule has 3 nitrogen and oxygen atoms in total. The second-order valence-electron chi connectivity index (χ2n) is 4.19. The van der Waals surface area contributed by atoms with Gasteiger partial charge in [-0.05, 0) is 24.8 Å². The monoisotopic (exact) mass is 238 g/mol. The third kappa shape index (κ3) is 1.50. The van der Waals surface area contributed by atoms with Crippen molar-refractivity contribution in [2.24, 2.45) is 0 Å². The molecule has 0 amide bonds. The molecule has 88 valence electrons. The summed E-state index contributed by atoms with van der Waals surface area (Å²) < 4.78 is 31.6. The van der Waals surface area contributed by atoms with Gasteiger partial charge in [0.25, 0.3) is 0 Å². The van der Waals surface area contributed by atoms with Crippen LogP contribution in [0.25, 0.3) is 11.0 Å². The highest BCUT2D eigenvalue weighted by Crippen LogP contribution is 2.46. The second kappa shape index (κ2) is 3.29. The number of carboxylic acid groups (broad SMARTS) is 1. The van der Waals surface area contributed by atoms with E-state index in [1.54, 1.807) is 0 Å². The summed E-state index contributed by atoms with van der Waals surface area (Å²) in [5.74, 6) is -3.07. The van der Waals surface area contributed by atoms with Gasteiger partial charge in [0.05, 0.1) is 0 Å². The summed E-state index contributed by atoms with van der Waals surface area (Å²) >= 11 is 0. The van der Waals surface area contributed by atoms with E-state index in [1.165, 1.54) is 0 Å². The molecule has 0 radical (unpaired) electrons. The van der Waals surface area contributed by atoms with Gasteiger partial charge >= 0.3 is 5.97 Å². The second-order valence-corrected chi connectivity index (χ2v) is 4.19. The van der Waals surface area contributed by atoms with Gasteiger partial charge < -0.3 is 9.52 Å². The van der Waals surface area contributed by atoms with E-state index in [9.17, 15) is 13.6 Å². The summed E-state index contributed by atoms with van der Waals surface area (Å²) in [5, 5.41) is 9.23. The van der Waals surface area contributed by atoms with E-state index in [1.807, 2.05) is 0 Å². The fraction of sp³-hybridized carbons (Fsp3) is 0.250. The Hall–Kier alpha value is -1.91. The molecule has 1 aromatic carbocycles. The number of hydrogen-bond donors (Lipinski definition) is 1. The average molecular weight is 238 g/mol. The molecular formula is C12H8F2O3. The lowest BCUT2D eigenvalue weighted by molar-refractivity contribution is 0.0663. The van der Waals surface area contributed by atoms with Gasteiger partial charge in [0.1, 0.15) is 5.82 Å². The smallest absolute Gasteiger partial charge is 0.372 e. The van der Waals surface area contributed by atoms with E-state index in [0.717, 1.165) is 18.9 Å². The molecule has 1 aliphatic rings. The van der Waals surface area contributed by atoms with Crippen LogP contribution in [0.15, 0.2) is 16.5 Å². The zero-order valence-electron chi connectivity index (χ0n) is 8.67. The van der Waals surface area contributed by atoms with Gasteiger partial charge in [-0.3, -0.25) is 0 Å². The van der Waals surface area contributed by atoms with Crippen molar-refractivity contribution in [3.63, 3.8) is 0 Å². The van der Waals surface area contributed by atoms with Crippen LogP contribution in [0.5, 0.6) is 0 Å². The normalized spacial score (nSPS) is 15.4. The molecule has 1 aliphatic carbocycles. The first-order valence-electron chi connectivity index (χ1n) is 5.22. The summed E-state index contributed by atoms with van der Waals surface area (Å²) in [6.45, 7) is 0. The average Bonchev–Trinajstić information content (AvgIpc) is 2.99. The van der Waals surface area contributed by atoms with Crippen molar-refractivity contribution in [3.8, 4) is 0 Å². The van der Waals surface area contributed by atoms with Crippen molar-refractivity contribution in [3.05, 3.63) is 35.1 Å². The maximum Gasteiger partial charge on any atom is 0.372 e. The topological polar surface area (TPSA) is 50.4 Å². The van der Waals surface area contributed by atoms with Crippen molar-refractivity contribution < 1.29 is 23.1 Å². The van der Waals surface area contributed by atoms with E-state index in [4.69, 9.17) is 9.52 Å². The summed E-state index contributed by atoms with van der Waals surface area (Å²) in [5.41, 5.74) is 0.247. The summed E-state index contributed by atoms with van der Waals surface area (Å²) in [7, 11) is 0. The third-order valence-electron chi connectivity index (χ3n) is 2.93. The Balaban J connectivity index is 2.38. The first-order chi connectivity index (χ1) is 8.08. The van der Waals surface area contributed by atoms with Gasteiger partial charge in [0.2, 0.25) is 5.76 Å². The molecule has 1 heterocycles. The number of fused-ring (bicyclic) bond motifs is 1. The Morgan fingerprint density at radius 2 is 2.06 bits per heavy atom. The van der Waals surface area contributed by atoms with Crippen molar-refractivity contribution in [1.82, 2.24) is 0 Å². The number of carboxylic acids is 1. The zero-order valence-corrected chi connectivity index (χ0v) is 8.67. The minimum absolute atomic E-state index is 0.0450. The van der Waals surface area contributed by atoms with Crippen molar-refractivity contribution in [1.29, 1.82) is 0 Å². The van der Waals surface area contributed by atoms with Gasteiger partial charge in [-0.25, -0.2) is 13.6 Å². The molecule has 0 spiro atoms. The molecule has 0 saturated heterocycles. The van der Waals surface area contributed by atoms with E-state index in [0.29, 0.717) is 11.6 Å². The van der Waals surface area contributed by atoms with Crippen LogP contribution in [0, 0.1) is 11.6 Å². The quantitative estimate of drug-likeness (QED) is 0.873. The number of benzene rings is 1. The number of aromatic carboxylic acids is 1. The van der Waals surface area contributed by atoms with Crippen LogP contribution in [-0.2, 0) is 0 Å². The molecule has 0 atom stereocenters. The molecule has 17 heavy (non-hydrogen) atoms. The van der Waals surface area contributed by atoms with Crippen LogP contribution in [0.2, 0.25) is 0 Å². The molecule has 1 saturated carbocycles. The van der Waals surface area contributed by atoms with Gasteiger partial charge in [-0.15, -0.1) is 0 Å². The van der Waals surface area contributed by atoms with Crippen LogP contribution in [0.3, 0.4) is 0 Å². The van der Waals surface area contributed by atoms with Crippen LogP contribution < -0.4 is 0 Å². The van der Waals surface area contributed by atoms with Gasteiger partial charge in [-0.1, -0.05) is 0 Å². The summed E-state index contributed by atoms with van der Waals surface area (Å²) in [6, 6.07) is 1.82. The fourth-order valence-electron chi connectivity index (χ4n) is 2.08. The molecule has 0 bridgehead atoms. The van der Waals surface area contributed by atoms with E-state index < -0.39 is 17.6 Å². The molecule has 0 aliphatic heterocycles. The Labute approximate surface area is 94.6 Å². The number of hydrogen-bond acceptors (Lipinski definition) is 2. The Kier molecular flexibility index (Phi) is 1.98. The molecule has 1 fully saturated rings. The van der Waals surface area contributed by atoms with Crippen LogP contribution in [0.1, 0.15) is 34.9 Å². The predicted molar refractivity (Wildman–Crippen MR) is 55.1 cm³/mol. The number of halogens is 2. The Bertz CT molecular complexity index is 626. The maximum absolute atomic E-state index is 13.5. The lowest BCUT2D eigenvalue weighted by Crippen LogP contribution is -1.97. The molecule has 1 aromatic heterocycles. The maximum atomic E-state index is 13.5. The summed E-state index contributed by atoms with van der Waals surface area (Å²) in [6.07, 6.45) is 1.65. The third-order valence-corrected chi connectivity index (χ3v) is 2.93. The first kappa shape index (κ1) is 10.3. The van der Waals surface area contributed by atoms with Crippen molar-refractivity contribution in [2.75, 3.05) is 0 Å². The van der Waals surface area contributed by atoms with Gasteiger partial charge in [0.15, 0.2) is 11.4 Å². The lowest BCUT2D eigenvalue weighted by atomic mass is 10.1. The minimum Gasteiger partial charge on any atom is -0.475 e. The van der Waals surface area contributed by atoms with Gasteiger partial charge in [-0.2, -0.15) is 0 Å². The molecule has 1 N–H and O–H groups in total. The largest absolute Gasteiger partial charge is 0.475 e. The molecule has 0 unspecified atom stereocenters. The highest BCUT2D eigenvalue weighted by atomic mass is 19.1. The van der Waals surface area contributed by atoms with E-state index in [-0.39, 0.29) is 22.6 Å². The SMILES string of the molecule is O=C(O)c1oc2c(F)cc(F)cc2c1C1CC1.